The highest BCUT2D eigenvalue weighted by Gasteiger charge is 2.09. The molecule has 0 atom stereocenters. The number of pyridine rings is 1. The van der Waals surface area contributed by atoms with E-state index in [4.69, 9.17) is 0 Å². The Labute approximate surface area is 111 Å². The van der Waals surface area contributed by atoms with Gasteiger partial charge in [0, 0.05) is 6.07 Å². The fourth-order valence-electron chi connectivity index (χ4n) is 1.32. The fourth-order valence-corrected chi connectivity index (χ4v) is 1.72. The van der Waals surface area contributed by atoms with E-state index in [0.29, 0.717) is 16.0 Å². The van der Waals surface area contributed by atoms with Gasteiger partial charge in [0.2, 0.25) is 0 Å². The van der Waals surface area contributed by atoms with E-state index < -0.39 is 5.91 Å². The standard InChI is InChI=1S/C11H9BrN4O2/c1-6-7(2-4-9(12)13-6)14-11(18)8-3-5-10(17)16-15-8/h2-5H,1H3,(H,14,18)(H,16,17). The number of hydrogen-bond donors (Lipinski definition) is 2. The molecule has 0 fully saturated rings. The van der Waals surface area contributed by atoms with Gasteiger partial charge in [0.05, 0.1) is 11.4 Å². The molecule has 0 aliphatic carbocycles. The SMILES string of the molecule is Cc1nc(Br)ccc1NC(=O)c1ccc(=O)[nH]n1. The van der Waals surface area contributed by atoms with Crippen molar-refractivity contribution in [1.29, 1.82) is 0 Å². The van der Waals surface area contributed by atoms with Gasteiger partial charge in [-0.15, -0.1) is 0 Å². The molecule has 2 aromatic heterocycles. The van der Waals surface area contributed by atoms with E-state index in [1.165, 1.54) is 12.1 Å². The number of aromatic amines is 1. The number of nitrogens with one attached hydrogen (secondary N) is 2. The molecule has 7 heteroatoms. The Morgan fingerprint density at radius 2 is 2.11 bits per heavy atom. The normalized spacial score (nSPS) is 10.1. The number of halogens is 1. The molecular weight excluding hydrogens is 300 g/mol. The van der Waals surface area contributed by atoms with E-state index in [-0.39, 0.29) is 11.3 Å². The van der Waals surface area contributed by atoms with Crippen molar-refractivity contribution in [2.24, 2.45) is 0 Å². The van der Waals surface area contributed by atoms with Crippen LogP contribution < -0.4 is 10.9 Å². The molecule has 0 unspecified atom stereocenters. The number of anilines is 1. The Morgan fingerprint density at radius 3 is 2.72 bits per heavy atom. The number of aryl methyl sites for hydroxylation is 1. The number of rotatable bonds is 2. The van der Waals surface area contributed by atoms with Gasteiger partial charge in [0.15, 0.2) is 0 Å². The molecule has 6 nitrogen and oxygen atoms in total. The molecule has 2 aromatic rings. The molecular formula is C11H9BrN4O2. The van der Waals surface area contributed by atoms with Gasteiger partial charge in [-0.3, -0.25) is 9.59 Å². The Kier molecular flexibility index (Phi) is 3.52. The summed E-state index contributed by atoms with van der Waals surface area (Å²) < 4.78 is 0.695. The minimum absolute atomic E-state index is 0.136. The summed E-state index contributed by atoms with van der Waals surface area (Å²) in [6.45, 7) is 1.78. The van der Waals surface area contributed by atoms with E-state index in [1.807, 2.05) is 0 Å². The van der Waals surface area contributed by atoms with E-state index in [1.54, 1.807) is 19.1 Å². The van der Waals surface area contributed by atoms with Crippen LogP contribution in [0.5, 0.6) is 0 Å². The quantitative estimate of drug-likeness (QED) is 0.823. The van der Waals surface area contributed by atoms with Crippen molar-refractivity contribution in [3.8, 4) is 0 Å². The van der Waals surface area contributed by atoms with Crippen molar-refractivity contribution in [3.63, 3.8) is 0 Å². The van der Waals surface area contributed by atoms with Gasteiger partial charge in [-0.05, 0) is 41.1 Å². The summed E-state index contributed by atoms with van der Waals surface area (Å²) in [5, 5.41) is 8.51. The van der Waals surface area contributed by atoms with Crippen LogP contribution in [0.25, 0.3) is 0 Å². The number of carbonyl (C=O) groups is 1. The summed E-state index contributed by atoms with van der Waals surface area (Å²) in [6.07, 6.45) is 0. The zero-order valence-electron chi connectivity index (χ0n) is 9.40. The van der Waals surface area contributed by atoms with Crippen LogP contribution in [0.4, 0.5) is 5.69 Å². The number of amides is 1. The third kappa shape index (κ3) is 2.80. The predicted molar refractivity (Wildman–Crippen MR) is 69.5 cm³/mol. The zero-order valence-corrected chi connectivity index (χ0v) is 11.0. The number of nitrogens with zero attached hydrogens (tertiary/aromatic N) is 2. The molecule has 0 aliphatic rings. The van der Waals surface area contributed by atoms with Crippen LogP contribution >= 0.6 is 15.9 Å². The first-order valence-corrected chi connectivity index (χ1v) is 5.86. The molecule has 1 amide bonds. The molecule has 2 rings (SSSR count). The largest absolute Gasteiger partial charge is 0.319 e. The van der Waals surface area contributed by atoms with Gasteiger partial charge in [0.25, 0.3) is 11.5 Å². The van der Waals surface area contributed by atoms with E-state index in [0.717, 1.165) is 0 Å². The van der Waals surface area contributed by atoms with Gasteiger partial charge in [-0.1, -0.05) is 0 Å². The molecule has 0 radical (unpaired) electrons. The molecule has 0 bridgehead atoms. The summed E-state index contributed by atoms with van der Waals surface area (Å²) in [5.41, 5.74) is 1.06. The smallest absolute Gasteiger partial charge is 0.276 e. The molecule has 0 saturated heterocycles. The molecule has 2 heterocycles. The Balaban J connectivity index is 2.21. The zero-order chi connectivity index (χ0) is 13.1. The summed E-state index contributed by atoms with van der Waals surface area (Å²) in [5.74, 6) is -0.404. The van der Waals surface area contributed by atoms with Gasteiger partial charge < -0.3 is 5.32 Å². The van der Waals surface area contributed by atoms with Crippen LogP contribution in [-0.4, -0.2) is 21.1 Å². The first kappa shape index (κ1) is 12.4. The van der Waals surface area contributed by atoms with Crippen LogP contribution in [0.2, 0.25) is 0 Å². The fraction of sp³-hybridized carbons (Fsp3) is 0.0909. The van der Waals surface area contributed by atoms with E-state index in [9.17, 15) is 9.59 Å². The molecule has 18 heavy (non-hydrogen) atoms. The maximum Gasteiger partial charge on any atom is 0.276 e. The van der Waals surface area contributed by atoms with Gasteiger partial charge in [-0.2, -0.15) is 5.10 Å². The monoisotopic (exact) mass is 308 g/mol. The minimum Gasteiger partial charge on any atom is -0.319 e. The summed E-state index contributed by atoms with van der Waals surface area (Å²) >= 11 is 3.24. The molecule has 0 aliphatic heterocycles. The molecule has 0 saturated carbocycles. The molecule has 0 aromatic carbocycles. The van der Waals surface area contributed by atoms with Crippen LogP contribution in [-0.2, 0) is 0 Å². The number of carbonyl (C=O) groups excluding carboxylic acids is 1. The highest BCUT2D eigenvalue weighted by molar-refractivity contribution is 9.10. The Morgan fingerprint density at radius 1 is 1.33 bits per heavy atom. The Hall–Kier alpha value is -2.02. The lowest BCUT2D eigenvalue weighted by molar-refractivity contribution is 0.102. The minimum atomic E-state index is -0.404. The van der Waals surface area contributed by atoms with Crippen molar-refractivity contribution in [2.45, 2.75) is 6.92 Å². The molecule has 92 valence electrons. The topological polar surface area (TPSA) is 87.7 Å². The second-order valence-electron chi connectivity index (χ2n) is 3.53. The predicted octanol–water partition coefficient (Wildman–Crippen LogP) is 1.49. The number of H-pyrrole nitrogens is 1. The second kappa shape index (κ2) is 5.09. The van der Waals surface area contributed by atoms with Gasteiger partial charge >= 0.3 is 0 Å². The average Bonchev–Trinajstić information content (AvgIpc) is 2.33. The maximum atomic E-state index is 11.8. The molecule has 0 spiro atoms. The first-order chi connectivity index (χ1) is 8.56. The number of aromatic nitrogens is 3. The highest BCUT2D eigenvalue weighted by atomic mass is 79.9. The van der Waals surface area contributed by atoms with Crippen molar-refractivity contribution >= 4 is 27.5 Å². The summed E-state index contributed by atoms with van der Waals surface area (Å²) in [4.78, 5) is 26.8. The van der Waals surface area contributed by atoms with Crippen molar-refractivity contribution in [3.05, 3.63) is 50.6 Å². The first-order valence-electron chi connectivity index (χ1n) is 5.06. The summed E-state index contributed by atoms with van der Waals surface area (Å²) in [7, 11) is 0. The molecule has 2 N–H and O–H groups in total. The second-order valence-corrected chi connectivity index (χ2v) is 4.34. The lowest BCUT2D eigenvalue weighted by Gasteiger charge is -2.06. The third-order valence-corrected chi connectivity index (χ3v) is 2.65. The van der Waals surface area contributed by atoms with Crippen LogP contribution in [0.3, 0.4) is 0 Å². The summed E-state index contributed by atoms with van der Waals surface area (Å²) in [6, 6.07) is 6.06. The highest BCUT2D eigenvalue weighted by Crippen LogP contribution is 2.16. The van der Waals surface area contributed by atoms with E-state index >= 15 is 0 Å². The Bertz CT molecular complexity index is 633. The average molecular weight is 309 g/mol. The van der Waals surface area contributed by atoms with E-state index in [2.05, 4.69) is 36.4 Å². The maximum absolute atomic E-state index is 11.8. The number of hydrogen-bond acceptors (Lipinski definition) is 4. The van der Waals surface area contributed by atoms with Crippen molar-refractivity contribution in [1.82, 2.24) is 15.2 Å². The lowest BCUT2D eigenvalue weighted by Crippen LogP contribution is -2.18. The lowest BCUT2D eigenvalue weighted by atomic mass is 10.3. The van der Waals surface area contributed by atoms with Crippen molar-refractivity contribution in [2.75, 3.05) is 5.32 Å². The third-order valence-electron chi connectivity index (χ3n) is 2.21. The van der Waals surface area contributed by atoms with Gasteiger partial charge in [0.1, 0.15) is 10.3 Å². The van der Waals surface area contributed by atoms with Crippen LogP contribution in [0, 0.1) is 6.92 Å². The van der Waals surface area contributed by atoms with Crippen LogP contribution in [0.1, 0.15) is 16.2 Å². The van der Waals surface area contributed by atoms with Crippen LogP contribution in [0.15, 0.2) is 33.7 Å². The van der Waals surface area contributed by atoms with Gasteiger partial charge in [-0.25, -0.2) is 10.1 Å². The van der Waals surface area contributed by atoms with Crippen molar-refractivity contribution < 1.29 is 4.79 Å².